The van der Waals surface area contributed by atoms with Gasteiger partial charge in [0, 0.05) is 22.5 Å². The number of rotatable bonds is 4. The summed E-state index contributed by atoms with van der Waals surface area (Å²) in [6.07, 6.45) is 2.88. The molecule has 26 heavy (non-hydrogen) atoms. The quantitative estimate of drug-likeness (QED) is 0.727. The first-order chi connectivity index (χ1) is 12.7. The van der Waals surface area contributed by atoms with Crippen LogP contribution in [-0.4, -0.2) is 22.7 Å². The van der Waals surface area contributed by atoms with Crippen LogP contribution in [0.15, 0.2) is 54.9 Å². The largest absolute Gasteiger partial charge is 0.454 e. The molecule has 7 nitrogen and oxygen atoms in total. The second-order valence-electron chi connectivity index (χ2n) is 5.44. The van der Waals surface area contributed by atoms with Crippen molar-refractivity contribution in [2.24, 2.45) is 0 Å². The molecule has 1 amide bonds. The van der Waals surface area contributed by atoms with Crippen LogP contribution in [0.25, 0.3) is 0 Å². The van der Waals surface area contributed by atoms with Gasteiger partial charge in [0.25, 0.3) is 5.91 Å². The van der Waals surface area contributed by atoms with Gasteiger partial charge in [-0.15, -0.1) is 0 Å². The highest BCUT2D eigenvalue weighted by molar-refractivity contribution is 6.30. The lowest BCUT2D eigenvalue weighted by molar-refractivity contribution is 0.102. The number of nitrogens with zero attached hydrogens (tertiary/aromatic N) is 2. The lowest BCUT2D eigenvalue weighted by Crippen LogP contribution is -2.14. The van der Waals surface area contributed by atoms with Gasteiger partial charge < -0.3 is 20.1 Å². The van der Waals surface area contributed by atoms with Crippen molar-refractivity contribution in [3.05, 3.63) is 65.6 Å². The maximum Gasteiger partial charge on any atom is 0.275 e. The molecule has 1 aliphatic rings. The van der Waals surface area contributed by atoms with Gasteiger partial charge in [0.1, 0.15) is 11.5 Å². The number of hydrogen-bond acceptors (Lipinski definition) is 6. The molecule has 0 bridgehead atoms. The van der Waals surface area contributed by atoms with E-state index in [-0.39, 0.29) is 18.4 Å². The van der Waals surface area contributed by atoms with Gasteiger partial charge in [-0.05, 0) is 30.3 Å². The molecule has 3 aromatic rings. The molecule has 0 saturated heterocycles. The highest BCUT2D eigenvalue weighted by Gasteiger charge is 2.15. The van der Waals surface area contributed by atoms with Crippen molar-refractivity contribution in [1.29, 1.82) is 0 Å². The Labute approximate surface area is 154 Å². The third-order valence-corrected chi connectivity index (χ3v) is 3.85. The molecular formula is C18H13ClN4O3. The van der Waals surface area contributed by atoms with E-state index in [0.717, 1.165) is 5.69 Å². The predicted molar refractivity (Wildman–Crippen MR) is 97.3 cm³/mol. The Balaban J connectivity index is 1.43. The molecule has 130 valence electrons. The standard InChI is InChI=1S/C18H13ClN4O3/c19-11-2-1-3-12(6-11)22-17-9-20-14(8-21-17)18(24)23-13-4-5-15-16(7-13)26-10-25-15/h1-9H,10H2,(H,21,22)(H,23,24). The highest BCUT2D eigenvalue weighted by Crippen LogP contribution is 2.34. The van der Waals surface area contributed by atoms with Crippen molar-refractivity contribution in [2.75, 3.05) is 17.4 Å². The normalized spacial score (nSPS) is 11.9. The van der Waals surface area contributed by atoms with E-state index in [9.17, 15) is 4.79 Å². The number of ether oxygens (including phenoxy) is 2. The summed E-state index contributed by atoms with van der Waals surface area (Å²) in [7, 11) is 0. The van der Waals surface area contributed by atoms with Gasteiger partial charge in [-0.25, -0.2) is 9.97 Å². The average Bonchev–Trinajstić information content (AvgIpc) is 3.10. The minimum Gasteiger partial charge on any atom is -0.454 e. The maximum absolute atomic E-state index is 12.3. The van der Waals surface area contributed by atoms with Crippen molar-refractivity contribution in [3.8, 4) is 11.5 Å². The minimum atomic E-state index is -0.370. The number of nitrogens with one attached hydrogen (secondary N) is 2. The van der Waals surface area contributed by atoms with Gasteiger partial charge in [0.05, 0.1) is 12.4 Å². The summed E-state index contributed by atoms with van der Waals surface area (Å²) in [5.41, 5.74) is 1.56. The first-order valence-electron chi connectivity index (χ1n) is 7.73. The van der Waals surface area contributed by atoms with E-state index in [1.807, 2.05) is 12.1 Å². The number of benzene rings is 2. The van der Waals surface area contributed by atoms with E-state index in [1.165, 1.54) is 12.4 Å². The van der Waals surface area contributed by atoms with Crippen LogP contribution in [0.3, 0.4) is 0 Å². The number of halogens is 1. The van der Waals surface area contributed by atoms with Crippen molar-refractivity contribution in [2.45, 2.75) is 0 Å². The van der Waals surface area contributed by atoms with E-state index < -0.39 is 0 Å². The second kappa shape index (κ2) is 6.89. The number of carbonyl (C=O) groups is 1. The second-order valence-corrected chi connectivity index (χ2v) is 5.88. The summed E-state index contributed by atoms with van der Waals surface area (Å²) in [4.78, 5) is 20.6. The average molecular weight is 369 g/mol. The summed E-state index contributed by atoms with van der Waals surface area (Å²) in [5.74, 6) is 1.38. The summed E-state index contributed by atoms with van der Waals surface area (Å²) < 4.78 is 10.5. The van der Waals surface area contributed by atoms with E-state index in [2.05, 4.69) is 20.6 Å². The third kappa shape index (κ3) is 3.52. The molecular weight excluding hydrogens is 356 g/mol. The smallest absolute Gasteiger partial charge is 0.275 e. The zero-order chi connectivity index (χ0) is 17.9. The van der Waals surface area contributed by atoms with E-state index in [1.54, 1.807) is 30.3 Å². The number of amides is 1. The molecule has 0 aliphatic carbocycles. The van der Waals surface area contributed by atoms with Gasteiger partial charge >= 0.3 is 0 Å². The molecule has 0 radical (unpaired) electrons. The molecule has 2 N–H and O–H groups in total. The number of carbonyl (C=O) groups excluding carboxylic acids is 1. The van der Waals surface area contributed by atoms with Crippen LogP contribution in [0.1, 0.15) is 10.5 Å². The fraction of sp³-hybridized carbons (Fsp3) is 0.0556. The van der Waals surface area contributed by atoms with Crippen LogP contribution in [0.2, 0.25) is 5.02 Å². The molecule has 0 spiro atoms. The van der Waals surface area contributed by atoms with Gasteiger partial charge in [-0.3, -0.25) is 4.79 Å². The molecule has 0 atom stereocenters. The van der Waals surface area contributed by atoms with Gasteiger partial charge in [0.2, 0.25) is 6.79 Å². The minimum absolute atomic E-state index is 0.180. The first kappa shape index (κ1) is 16.2. The molecule has 0 fully saturated rings. The summed E-state index contributed by atoms with van der Waals surface area (Å²) >= 11 is 5.94. The summed E-state index contributed by atoms with van der Waals surface area (Å²) in [6.45, 7) is 0.180. The van der Waals surface area contributed by atoms with E-state index in [0.29, 0.717) is 28.0 Å². The number of fused-ring (bicyclic) bond motifs is 1. The molecule has 0 unspecified atom stereocenters. The Morgan fingerprint density at radius 2 is 1.88 bits per heavy atom. The fourth-order valence-corrected chi connectivity index (χ4v) is 2.58. The summed E-state index contributed by atoms with van der Waals surface area (Å²) in [5, 5.41) is 6.43. The van der Waals surface area contributed by atoms with E-state index in [4.69, 9.17) is 21.1 Å². The van der Waals surface area contributed by atoms with Crippen LogP contribution in [-0.2, 0) is 0 Å². The van der Waals surface area contributed by atoms with Crippen LogP contribution in [0.4, 0.5) is 17.2 Å². The SMILES string of the molecule is O=C(Nc1ccc2c(c1)OCO2)c1cnc(Nc2cccc(Cl)c2)cn1. The predicted octanol–water partition coefficient (Wildman–Crippen LogP) is 3.85. The molecule has 2 aromatic carbocycles. The molecule has 4 rings (SSSR count). The Morgan fingerprint density at radius 1 is 1.00 bits per heavy atom. The molecule has 1 aliphatic heterocycles. The van der Waals surface area contributed by atoms with Gasteiger partial charge in [0.15, 0.2) is 11.5 Å². The Bertz CT molecular complexity index is 963. The Hall–Kier alpha value is -3.32. The van der Waals surface area contributed by atoms with Crippen LogP contribution in [0.5, 0.6) is 11.5 Å². The van der Waals surface area contributed by atoms with Crippen molar-refractivity contribution < 1.29 is 14.3 Å². The number of anilines is 3. The fourth-order valence-electron chi connectivity index (χ4n) is 2.39. The van der Waals surface area contributed by atoms with Gasteiger partial charge in [-0.2, -0.15) is 0 Å². The zero-order valence-electron chi connectivity index (χ0n) is 13.4. The zero-order valence-corrected chi connectivity index (χ0v) is 14.2. The monoisotopic (exact) mass is 368 g/mol. The molecule has 1 aromatic heterocycles. The van der Waals surface area contributed by atoms with Crippen LogP contribution >= 0.6 is 11.6 Å². The molecule has 2 heterocycles. The lowest BCUT2D eigenvalue weighted by Gasteiger charge is -2.07. The first-order valence-corrected chi connectivity index (χ1v) is 8.11. The molecule has 8 heteroatoms. The van der Waals surface area contributed by atoms with Crippen molar-refractivity contribution in [3.63, 3.8) is 0 Å². The van der Waals surface area contributed by atoms with Gasteiger partial charge in [-0.1, -0.05) is 17.7 Å². The van der Waals surface area contributed by atoms with Crippen LogP contribution < -0.4 is 20.1 Å². The topological polar surface area (TPSA) is 85.4 Å². The van der Waals surface area contributed by atoms with E-state index >= 15 is 0 Å². The Morgan fingerprint density at radius 3 is 2.69 bits per heavy atom. The van der Waals surface area contributed by atoms with Crippen LogP contribution in [0, 0.1) is 0 Å². The Kier molecular flexibility index (Phi) is 4.28. The lowest BCUT2D eigenvalue weighted by atomic mass is 10.2. The summed E-state index contributed by atoms with van der Waals surface area (Å²) in [6, 6.07) is 12.4. The number of hydrogen-bond donors (Lipinski definition) is 2. The molecule has 0 saturated carbocycles. The highest BCUT2D eigenvalue weighted by atomic mass is 35.5. The van der Waals surface area contributed by atoms with Crippen molar-refractivity contribution >= 4 is 34.7 Å². The maximum atomic E-state index is 12.3. The number of aromatic nitrogens is 2. The van der Waals surface area contributed by atoms with Crippen molar-refractivity contribution in [1.82, 2.24) is 9.97 Å². The third-order valence-electron chi connectivity index (χ3n) is 3.61.